The van der Waals surface area contributed by atoms with E-state index in [2.05, 4.69) is 14.7 Å². The van der Waals surface area contributed by atoms with Crippen LogP contribution in [0.3, 0.4) is 0 Å². The summed E-state index contributed by atoms with van der Waals surface area (Å²) in [5.41, 5.74) is 5.38. The molecular weight excluding hydrogens is 184 g/mol. The molecule has 0 spiro atoms. The van der Waals surface area contributed by atoms with Gasteiger partial charge in [-0.15, -0.1) is 0 Å². The lowest BCUT2D eigenvalue weighted by molar-refractivity contribution is 0.707. The molecule has 4 nitrogen and oxygen atoms in total. The maximum absolute atomic E-state index is 5.38. The summed E-state index contributed by atoms with van der Waals surface area (Å²) in [6.45, 7) is 3.66. The minimum absolute atomic E-state index is 0.790. The molecule has 0 radical (unpaired) electrons. The molecule has 5 heteroatoms. The molecule has 1 heterocycles. The first-order valence-electron chi connectivity index (χ1n) is 4.57. The van der Waals surface area contributed by atoms with E-state index in [0.29, 0.717) is 0 Å². The van der Waals surface area contributed by atoms with Crippen molar-refractivity contribution in [2.75, 3.05) is 18.4 Å². The monoisotopic (exact) mass is 200 g/mol. The van der Waals surface area contributed by atoms with Crippen LogP contribution < -0.4 is 11.1 Å². The van der Waals surface area contributed by atoms with Crippen LogP contribution in [0, 0.1) is 6.92 Å². The van der Waals surface area contributed by atoms with Crippen LogP contribution in [0.4, 0.5) is 5.13 Å². The third kappa shape index (κ3) is 4.19. The Hall–Kier alpha value is -0.680. The molecule has 13 heavy (non-hydrogen) atoms. The first-order chi connectivity index (χ1) is 6.33. The van der Waals surface area contributed by atoms with E-state index in [1.807, 2.05) is 6.92 Å². The van der Waals surface area contributed by atoms with Gasteiger partial charge in [-0.1, -0.05) is 6.42 Å². The van der Waals surface area contributed by atoms with Crippen molar-refractivity contribution in [2.45, 2.75) is 26.2 Å². The maximum atomic E-state index is 5.38. The lowest BCUT2D eigenvalue weighted by Gasteiger charge is -2.00. The number of hydrogen-bond donors (Lipinski definition) is 2. The van der Waals surface area contributed by atoms with Gasteiger partial charge in [0.25, 0.3) is 0 Å². The Bertz CT molecular complexity index is 236. The molecule has 0 aromatic carbocycles. The number of hydrogen-bond acceptors (Lipinski definition) is 5. The van der Waals surface area contributed by atoms with Crippen molar-refractivity contribution >= 4 is 16.7 Å². The summed E-state index contributed by atoms with van der Waals surface area (Å²) in [7, 11) is 0. The van der Waals surface area contributed by atoms with E-state index in [-0.39, 0.29) is 0 Å². The highest BCUT2D eigenvalue weighted by Gasteiger charge is 1.97. The minimum Gasteiger partial charge on any atom is -0.360 e. The molecule has 0 amide bonds. The van der Waals surface area contributed by atoms with Crippen molar-refractivity contribution < 1.29 is 0 Å². The highest BCUT2D eigenvalue weighted by molar-refractivity contribution is 7.09. The number of aryl methyl sites for hydroxylation is 1. The molecule has 3 N–H and O–H groups in total. The Kier molecular flexibility index (Phi) is 4.70. The molecule has 0 atom stereocenters. The quantitative estimate of drug-likeness (QED) is 0.681. The van der Waals surface area contributed by atoms with E-state index in [0.717, 1.165) is 36.9 Å². The van der Waals surface area contributed by atoms with E-state index in [1.165, 1.54) is 18.0 Å². The normalized spacial score (nSPS) is 10.3. The number of nitrogens with two attached hydrogens (primary N) is 1. The van der Waals surface area contributed by atoms with Crippen LogP contribution in [-0.2, 0) is 0 Å². The molecule has 74 valence electrons. The first-order valence-corrected chi connectivity index (χ1v) is 5.34. The summed E-state index contributed by atoms with van der Waals surface area (Å²) in [6, 6.07) is 0. The van der Waals surface area contributed by atoms with Crippen LogP contribution in [0.15, 0.2) is 0 Å². The van der Waals surface area contributed by atoms with E-state index >= 15 is 0 Å². The van der Waals surface area contributed by atoms with Gasteiger partial charge in [-0.3, -0.25) is 0 Å². The maximum Gasteiger partial charge on any atom is 0.202 e. The molecule has 0 saturated carbocycles. The average molecular weight is 200 g/mol. The highest BCUT2D eigenvalue weighted by Crippen LogP contribution is 2.09. The summed E-state index contributed by atoms with van der Waals surface area (Å²) in [5.74, 6) is 0.842. The minimum atomic E-state index is 0.790. The van der Waals surface area contributed by atoms with Gasteiger partial charge in [0, 0.05) is 18.1 Å². The Balaban J connectivity index is 2.06. The summed E-state index contributed by atoms with van der Waals surface area (Å²) in [4.78, 5) is 4.20. The molecule has 1 aromatic heterocycles. The molecule has 0 aliphatic carbocycles. The van der Waals surface area contributed by atoms with Crippen LogP contribution in [0.25, 0.3) is 0 Å². The molecule has 0 bridgehead atoms. The van der Waals surface area contributed by atoms with Crippen molar-refractivity contribution in [1.29, 1.82) is 0 Å². The van der Waals surface area contributed by atoms with Gasteiger partial charge < -0.3 is 11.1 Å². The third-order valence-electron chi connectivity index (χ3n) is 1.68. The fourth-order valence-corrected chi connectivity index (χ4v) is 1.61. The van der Waals surface area contributed by atoms with Crippen LogP contribution in [0.2, 0.25) is 0 Å². The zero-order chi connectivity index (χ0) is 9.52. The Morgan fingerprint density at radius 1 is 1.38 bits per heavy atom. The number of nitrogens with one attached hydrogen (secondary N) is 1. The van der Waals surface area contributed by atoms with Gasteiger partial charge in [0.15, 0.2) is 0 Å². The van der Waals surface area contributed by atoms with Crippen molar-refractivity contribution in [3.8, 4) is 0 Å². The SMILES string of the molecule is Cc1nsc(NCCCCCN)n1. The lowest BCUT2D eigenvalue weighted by atomic mass is 10.2. The largest absolute Gasteiger partial charge is 0.360 e. The Morgan fingerprint density at radius 3 is 2.85 bits per heavy atom. The summed E-state index contributed by atoms with van der Waals surface area (Å²) < 4.78 is 4.08. The Labute approximate surface area is 82.7 Å². The lowest BCUT2D eigenvalue weighted by Crippen LogP contribution is -2.03. The standard InChI is InChI=1S/C8H16N4S/c1-7-11-8(13-12-7)10-6-4-2-3-5-9/h2-6,9H2,1H3,(H,10,11,12). The second-order valence-electron chi connectivity index (χ2n) is 2.92. The smallest absolute Gasteiger partial charge is 0.202 e. The van der Waals surface area contributed by atoms with Crippen LogP contribution >= 0.6 is 11.5 Å². The summed E-state index contributed by atoms with van der Waals surface area (Å²) in [5, 5.41) is 4.15. The molecule has 1 aromatic rings. The fraction of sp³-hybridized carbons (Fsp3) is 0.750. The topological polar surface area (TPSA) is 63.8 Å². The second kappa shape index (κ2) is 5.88. The number of aromatic nitrogens is 2. The molecule has 0 aliphatic heterocycles. The predicted octanol–water partition coefficient (Wildman–Crippen LogP) is 1.39. The second-order valence-corrected chi connectivity index (χ2v) is 3.67. The third-order valence-corrected chi connectivity index (χ3v) is 2.45. The molecule has 0 unspecified atom stereocenters. The molecule has 1 rings (SSSR count). The van der Waals surface area contributed by atoms with Gasteiger partial charge in [-0.25, -0.2) is 4.98 Å². The fourth-order valence-electron chi connectivity index (χ4n) is 1.01. The van der Waals surface area contributed by atoms with Crippen molar-refractivity contribution in [3.05, 3.63) is 5.82 Å². The highest BCUT2D eigenvalue weighted by atomic mass is 32.1. The van der Waals surface area contributed by atoms with Crippen molar-refractivity contribution in [3.63, 3.8) is 0 Å². The number of unbranched alkanes of at least 4 members (excludes halogenated alkanes) is 2. The molecule has 0 aliphatic rings. The van der Waals surface area contributed by atoms with Crippen molar-refractivity contribution in [1.82, 2.24) is 9.36 Å². The summed E-state index contributed by atoms with van der Waals surface area (Å²) >= 11 is 1.42. The predicted molar refractivity (Wildman–Crippen MR) is 56.0 cm³/mol. The van der Waals surface area contributed by atoms with Gasteiger partial charge in [0.05, 0.1) is 0 Å². The number of anilines is 1. The van der Waals surface area contributed by atoms with E-state index in [4.69, 9.17) is 5.73 Å². The van der Waals surface area contributed by atoms with Gasteiger partial charge in [0.1, 0.15) is 5.82 Å². The van der Waals surface area contributed by atoms with E-state index in [9.17, 15) is 0 Å². The first kappa shape index (κ1) is 10.4. The van der Waals surface area contributed by atoms with Crippen LogP contribution in [-0.4, -0.2) is 22.4 Å². The average Bonchev–Trinajstić information content (AvgIpc) is 2.51. The van der Waals surface area contributed by atoms with Crippen molar-refractivity contribution in [2.24, 2.45) is 5.73 Å². The van der Waals surface area contributed by atoms with Crippen LogP contribution in [0.1, 0.15) is 25.1 Å². The Morgan fingerprint density at radius 2 is 2.23 bits per heavy atom. The number of rotatable bonds is 6. The molecule has 0 saturated heterocycles. The zero-order valence-corrected chi connectivity index (χ0v) is 8.73. The molecular formula is C8H16N4S. The van der Waals surface area contributed by atoms with Gasteiger partial charge in [-0.05, 0) is 26.3 Å². The molecule has 0 fully saturated rings. The van der Waals surface area contributed by atoms with E-state index < -0.39 is 0 Å². The van der Waals surface area contributed by atoms with Gasteiger partial charge in [-0.2, -0.15) is 4.37 Å². The zero-order valence-electron chi connectivity index (χ0n) is 7.92. The van der Waals surface area contributed by atoms with Gasteiger partial charge in [0.2, 0.25) is 5.13 Å². The summed E-state index contributed by atoms with van der Waals surface area (Å²) in [6.07, 6.45) is 3.44. The van der Waals surface area contributed by atoms with Gasteiger partial charge >= 0.3 is 0 Å². The van der Waals surface area contributed by atoms with E-state index in [1.54, 1.807) is 0 Å². The van der Waals surface area contributed by atoms with Crippen LogP contribution in [0.5, 0.6) is 0 Å². The number of nitrogens with zero attached hydrogens (tertiary/aromatic N) is 2.